The molecule has 0 aliphatic carbocycles. The summed E-state index contributed by atoms with van der Waals surface area (Å²) in [7, 11) is 1.79. The molecule has 0 aromatic carbocycles. The minimum atomic E-state index is -0.0906. The zero-order valence-electron chi connectivity index (χ0n) is 7.86. The van der Waals surface area contributed by atoms with Crippen LogP contribution in [0.15, 0.2) is 12.3 Å². The lowest BCUT2D eigenvalue weighted by atomic mass is 10.2. The maximum absolute atomic E-state index is 11.4. The summed E-state index contributed by atoms with van der Waals surface area (Å²) in [5, 5.41) is 9.96. The number of hydrogen-bond donors (Lipinski definition) is 2. The smallest absolute Gasteiger partial charge is 0.272 e. The highest BCUT2D eigenvalue weighted by atomic mass is 35.5. The van der Waals surface area contributed by atoms with E-state index < -0.39 is 0 Å². The minimum Gasteiger partial charge on any atom is -0.345 e. The van der Waals surface area contributed by atoms with Crippen LogP contribution in [-0.2, 0) is 7.05 Å². The second-order valence-electron chi connectivity index (χ2n) is 3.20. The van der Waals surface area contributed by atoms with Crippen molar-refractivity contribution in [1.82, 2.24) is 20.4 Å². The van der Waals surface area contributed by atoms with Crippen molar-refractivity contribution in [3.63, 3.8) is 0 Å². The molecule has 1 aromatic heterocycles. The monoisotopic (exact) mass is 216 g/mol. The molecule has 0 unspecified atom stereocenters. The van der Waals surface area contributed by atoms with Gasteiger partial charge < -0.3 is 10.6 Å². The average molecular weight is 217 g/mol. The quantitative estimate of drug-likeness (QED) is 0.704. The molecule has 0 atom stereocenters. The summed E-state index contributed by atoms with van der Waals surface area (Å²) in [4.78, 5) is 11.4. The molecule has 1 aliphatic rings. The summed E-state index contributed by atoms with van der Waals surface area (Å²) in [6, 6.07) is 1.98. The number of rotatable bonds is 2. The Hall–Kier alpha value is -1.07. The average Bonchev–Trinajstić information content (AvgIpc) is 2.44. The Balaban J connectivity index is 0.000000980. The number of nitrogens with one attached hydrogen (secondary N) is 2. The molecular formula is C8H13ClN4O. The zero-order chi connectivity index (χ0) is 9.26. The van der Waals surface area contributed by atoms with Gasteiger partial charge in [-0.3, -0.25) is 9.48 Å². The molecule has 1 amide bonds. The highest BCUT2D eigenvalue weighted by Crippen LogP contribution is 1.97. The van der Waals surface area contributed by atoms with E-state index in [0.717, 1.165) is 13.1 Å². The first-order valence-electron chi connectivity index (χ1n) is 4.27. The molecule has 6 heteroatoms. The molecule has 2 N–H and O–H groups in total. The number of carbonyl (C=O) groups is 1. The van der Waals surface area contributed by atoms with Gasteiger partial charge in [-0.25, -0.2) is 0 Å². The largest absolute Gasteiger partial charge is 0.345 e. The zero-order valence-corrected chi connectivity index (χ0v) is 8.67. The molecule has 1 aliphatic heterocycles. The van der Waals surface area contributed by atoms with Gasteiger partial charge in [0.25, 0.3) is 5.91 Å². The topological polar surface area (TPSA) is 59.0 Å². The van der Waals surface area contributed by atoms with E-state index in [9.17, 15) is 4.79 Å². The predicted molar refractivity (Wildman–Crippen MR) is 54.6 cm³/mol. The summed E-state index contributed by atoms with van der Waals surface area (Å²) < 4.78 is 1.62. The highest BCUT2D eigenvalue weighted by molar-refractivity contribution is 5.92. The fraction of sp³-hybridized carbons (Fsp3) is 0.500. The van der Waals surface area contributed by atoms with Crippen LogP contribution in [0.25, 0.3) is 0 Å². The molecule has 0 bridgehead atoms. The number of aromatic nitrogens is 2. The van der Waals surface area contributed by atoms with Crippen LogP contribution < -0.4 is 10.6 Å². The minimum absolute atomic E-state index is 0. The maximum Gasteiger partial charge on any atom is 0.272 e. The van der Waals surface area contributed by atoms with Gasteiger partial charge in [-0.2, -0.15) is 5.10 Å². The molecule has 1 fully saturated rings. The van der Waals surface area contributed by atoms with Crippen molar-refractivity contribution in [3.05, 3.63) is 18.0 Å². The van der Waals surface area contributed by atoms with Gasteiger partial charge in [0.2, 0.25) is 0 Å². The Morgan fingerprint density at radius 1 is 1.71 bits per heavy atom. The van der Waals surface area contributed by atoms with Crippen molar-refractivity contribution in [2.45, 2.75) is 6.04 Å². The number of halogens is 1. The third-order valence-corrected chi connectivity index (χ3v) is 2.06. The number of amides is 1. The third-order valence-electron chi connectivity index (χ3n) is 2.06. The SMILES string of the molecule is Cl.Cn1ccc(C(=O)NC2CNC2)n1. The van der Waals surface area contributed by atoms with Crippen LogP contribution in [0.4, 0.5) is 0 Å². The normalized spacial score (nSPS) is 15.5. The number of carbonyl (C=O) groups excluding carboxylic acids is 1. The van der Waals surface area contributed by atoms with E-state index in [1.807, 2.05) is 0 Å². The van der Waals surface area contributed by atoms with Crippen molar-refractivity contribution in [1.29, 1.82) is 0 Å². The van der Waals surface area contributed by atoms with E-state index in [4.69, 9.17) is 0 Å². The fourth-order valence-electron chi connectivity index (χ4n) is 1.19. The second kappa shape index (κ2) is 4.43. The number of aryl methyl sites for hydroxylation is 1. The van der Waals surface area contributed by atoms with Crippen LogP contribution in [0.2, 0.25) is 0 Å². The van der Waals surface area contributed by atoms with Crippen molar-refractivity contribution < 1.29 is 4.79 Å². The summed E-state index contributed by atoms with van der Waals surface area (Å²) >= 11 is 0. The molecule has 2 heterocycles. The predicted octanol–water partition coefficient (Wildman–Crippen LogP) is -0.457. The van der Waals surface area contributed by atoms with Crippen LogP contribution in [-0.4, -0.2) is 34.8 Å². The number of hydrogen-bond acceptors (Lipinski definition) is 3. The Morgan fingerprint density at radius 3 is 2.86 bits per heavy atom. The van der Waals surface area contributed by atoms with Gasteiger partial charge in [-0.1, -0.05) is 0 Å². The van der Waals surface area contributed by atoms with Crippen molar-refractivity contribution in [2.75, 3.05) is 13.1 Å². The van der Waals surface area contributed by atoms with Gasteiger partial charge in [0, 0.05) is 26.3 Å². The standard InChI is InChI=1S/C8H12N4O.ClH/c1-12-3-2-7(11-12)8(13)10-6-4-9-5-6;/h2-3,6,9H,4-5H2,1H3,(H,10,13);1H. The van der Waals surface area contributed by atoms with E-state index >= 15 is 0 Å². The van der Waals surface area contributed by atoms with Crippen LogP contribution >= 0.6 is 12.4 Å². The van der Waals surface area contributed by atoms with E-state index in [1.165, 1.54) is 0 Å². The van der Waals surface area contributed by atoms with Crippen LogP contribution in [0.1, 0.15) is 10.5 Å². The molecule has 14 heavy (non-hydrogen) atoms. The fourth-order valence-corrected chi connectivity index (χ4v) is 1.19. The molecular weight excluding hydrogens is 204 g/mol. The van der Waals surface area contributed by atoms with E-state index in [-0.39, 0.29) is 24.4 Å². The van der Waals surface area contributed by atoms with Gasteiger partial charge in [0.15, 0.2) is 0 Å². The molecule has 0 spiro atoms. The van der Waals surface area contributed by atoms with Gasteiger partial charge in [0.1, 0.15) is 5.69 Å². The van der Waals surface area contributed by atoms with E-state index in [0.29, 0.717) is 5.69 Å². The first-order chi connectivity index (χ1) is 6.25. The highest BCUT2D eigenvalue weighted by Gasteiger charge is 2.20. The lowest BCUT2D eigenvalue weighted by Crippen LogP contribution is -2.57. The van der Waals surface area contributed by atoms with Crippen LogP contribution in [0.3, 0.4) is 0 Å². The molecule has 1 aromatic rings. The first kappa shape index (κ1) is 11.0. The Labute approximate surface area is 88.3 Å². The lowest BCUT2D eigenvalue weighted by Gasteiger charge is -2.27. The van der Waals surface area contributed by atoms with Gasteiger partial charge in [-0.05, 0) is 6.07 Å². The van der Waals surface area contributed by atoms with Crippen LogP contribution in [0.5, 0.6) is 0 Å². The summed E-state index contributed by atoms with van der Waals surface area (Å²) in [5.74, 6) is -0.0906. The first-order valence-corrected chi connectivity index (χ1v) is 4.27. The molecule has 78 valence electrons. The van der Waals surface area contributed by atoms with Gasteiger partial charge >= 0.3 is 0 Å². The van der Waals surface area contributed by atoms with Crippen molar-refractivity contribution in [2.24, 2.45) is 7.05 Å². The van der Waals surface area contributed by atoms with Crippen molar-refractivity contribution in [3.8, 4) is 0 Å². The third kappa shape index (κ3) is 2.24. The summed E-state index contributed by atoms with van der Waals surface area (Å²) in [6.07, 6.45) is 1.76. The molecule has 0 saturated carbocycles. The van der Waals surface area contributed by atoms with E-state index in [1.54, 1.807) is 24.0 Å². The molecule has 5 nitrogen and oxygen atoms in total. The number of nitrogens with zero attached hydrogens (tertiary/aromatic N) is 2. The summed E-state index contributed by atoms with van der Waals surface area (Å²) in [5.41, 5.74) is 0.481. The summed E-state index contributed by atoms with van der Waals surface area (Å²) in [6.45, 7) is 1.72. The Bertz CT molecular complexity index is 321. The van der Waals surface area contributed by atoms with Crippen molar-refractivity contribution >= 4 is 18.3 Å². The molecule has 1 saturated heterocycles. The molecule has 2 rings (SSSR count). The van der Waals surface area contributed by atoms with Crippen LogP contribution in [0, 0.1) is 0 Å². The van der Waals surface area contributed by atoms with Gasteiger partial charge in [-0.15, -0.1) is 12.4 Å². The maximum atomic E-state index is 11.4. The van der Waals surface area contributed by atoms with Gasteiger partial charge in [0.05, 0.1) is 6.04 Å². The second-order valence-corrected chi connectivity index (χ2v) is 3.20. The Kier molecular flexibility index (Phi) is 3.49. The molecule has 0 radical (unpaired) electrons. The lowest BCUT2D eigenvalue weighted by molar-refractivity contribution is 0.0918. The van der Waals surface area contributed by atoms with E-state index in [2.05, 4.69) is 15.7 Å². The Morgan fingerprint density at radius 2 is 2.43 bits per heavy atom.